The molecule has 0 spiro atoms. The lowest BCUT2D eigenvalue weighted by molar-refractivity contribution is -0.130. The summed E-state index contributed by atoms with van der Waals surface area (Å²) in [4.78, 5) is 31.1. The fourth-order valence-electron chi connectivity index (χ4n) is 2.06. The Morgan fingerprint density at radius 2 is 2.05 bits per heavy atom. The van der Waals surface area contributed by atoms with Gasteiger partial charge in [0.2, 0.25) is 5.91 Å². The Balaban J connectivity index is 1.95. The lowest BCUT2D eigenvalue weighted by atomic mass is 10.2. The SMILES string of the molecule is CN(CC(=O)N1CCCC1)C(=O)c1ccc(Cl)nc1. The molecule has 1 aliphatic heterocycles. The van der Waals surface area contributed by atoms with Gasteiger partial charge in [-0.2, -0.15) is 0 Å². The summed E-state index contributed by atoms with van der Waals surface area (Å²) < 4.78 is 0. The molecular weight excluding hydrogens is 266 g/mol. The Bertz CT molecular complexity index is 469. The van der Waals surface area contributed by atoms with Crippen molar-refractivity contribution in [2.24, 2.45) is 0 Å². The number of nitrogens with zero attached hydrogens (tertiary/aromatic N) is 3. The predicted molar refractivity (Wildman–Crippen MR) is 72.0 cm³/mol. The van der Waals surface area contributed by atoms with Crippen LogP contribution in [0.2, 0.25) is 5.15 Å². The number of amides is 2. The third-order valence-corrected chi connectivity index (χ3v) is 3.38. The number of carbonyl (C=O) groups excluding carboxylic acids is 2. The van der Waals surface area contributed by atoms with Crippen LogP contribution in [0, 0.1) is 0 Å². The van der Waals surface area contributed by atoms with Crippen molar-refractivity contribution >= 4 is 23.4 Å². The Morgan fingerprint density at radius 1 is 1.37 bits per heavy atom. The number of pyridine rings is 1. The van der Waals surface area contributed by atoms with Crippen LogP contribution in [0.1, 0.15) is 23.2 Å². The molecule has 2 rings (SSSR count). The Kier molecular flexibility index (Phi) is 4.37. The molecule has 0 aromatic carbocycles. The minimum atomic E-state index is -0.225. The lowest BCUT2D eigenvalue weighted by Crippen LogP contribution is -2.39. The van der Waals surface area contributed by atoms with Gasteiger partial charge in [0.05, 0.1) is 12.1 Å². The van der Waals surface area contributed by atoms with E-state index in [1.807, 2.05) is 0 Å². The van der Waals surface area contributed by atoms with Crippen molar-refractivity contribution < 1.29 is 9.59 Å². The quantitative estimate of drug-likeness (QED) is 0.788. The molecule has 2 heterocycles. The number of aromatic nitrogens is 1. The monoisotopic (exact) mass is 281 g/mol. The molecule has 19 heavy (non-hydrogen) atoms. The first-order valence-electron chi connectivity index (χ1n) is 6.23. The van der Waals surface area contributed by atoms with Crippen LogP contribution >= 0.6 is 11.6 Å². The summed E-state index contributed by atoms with van der Waals surface area (Å²) in [6, 6.07) is 3.17. The number of hydrogen-bond acceptors (Lipinski definition) is 3. The highest BCUT2D eigenvalue weighted by molar-refractivity contribution is 6.29. The minimum absolute atomic E-state index is 0.00438. The summed E-state index contributed by atoms with van der Waals surface area (Å²) >= 11 is 5.67. The Hall–Kier alpha value is -1.62. The summed E-state index contributed by atoms with van der Waals surface area (Å²) in [5.41, 5.74) is 0.432. The number of hydrogen-bond donors (Lipinski definition) is 0. The van der Waals surface area contributed by atoms with Crippen molar-refractivity contribution in [2.45, 2.75) is 12.8 Å². The molecule has 0 N–H and O–H groups in total. The van der Waals surface area contributed by atoms with Crippen LogP contribution in [0.5, 0.6) is 0 Å². The molecule has 0 saturated carbocycles. The molecule has 102 valence electrons. The number of likely N-dealkylation sites (N-methyl/N-ethyl adjacent to an activating group) is 1. The van der Waals surface area contributed by atoms with Crippen molar-refractivity contribution in [3.63, 3.8) is 0 Å². The molecule has 1 aliphatic rings. The van der Waals surface area contributed by atoms with Crippen molar-refractivity contribution in [3.8, 4) is 0 Å². The largest absolute Gasteiger partial charge is 0.341 e. The molecule has 6 heteroatoms. The Morgan fingerprint density at radius 3 is 2.63 bits per heavy atom. The van der Waals surface area contributed by atoms with Crippen molar-refractivity contribution in [1.82, 2.24) is 14.8 Å². The normalized spacial score (nSPS) is 14.5. The average Bonchev–Trinajstić information content (AvgIpc) is 2.92. The fraction of sp³-hybridized carbons (Fsp3) is 0.462. The van der Waals surface area contributed by atoms with E-state index in [4.69, 9.17) is 11.6 Å². The number of rotatable bonds is 3. The molecular formula is C13H16ClN3O2. The van der Waals surface area contributed by atoms with E-state index in [0.717, 1.165) is 25.9 Å². The topological polar surface area (TPSA) is 53.5 Å². The summed E-state index contributed by atoms with van der Waals surface area (Å²) in [5.74, 6) is -0.230. The molecule has 0 atom stereocenters. The van der Waals surface area contributed by atoms with E-state index in [0.29, 0.717) is 10.7 Å². The van der Waals surface area contributed by atoms with Gasteiger partial charge in [-0.15, -0.1) is 0 Å². The van der Waals surface area contributed by atoms with E-state index >= 15 is 0 Å². The van der Waals surface area contributed by atoms with Crippen molar-refractivity contribution in [1.29, 1.82) is 0 Å². The average molecular weight is 282 g/mol. The van der Waals surface area contributed by atoms with Gasteiger partial charge in [-0.1, -0.05) is 11.6 Å². The van der Waals surface area contributed by atoms with Gasteiger partial charge in [0.15, 0.2) is 0 Å². The lowest BCUT2D eigenvalue weighted by Gasteiger charge is -2.21. The second-order valence-corrected chi connectivity index (χ2v) is 5.01. The first-order valence-corrected chi connectivity index (χ1v) is 6.60. The summed E-state index contributed by atoms with van der Waals surface area (Å²) in [6.45, 7) is 1.69. The molecule has 1 saturated heterocycles. The Labute approximate surface area is 117 Å². The molecule has 1 aromatic heterocycles. The van der Waals surface area contributed by atoms with Gasteiger partial charge in [-0.25, -0.2) is 4.98 Å². The van der Waals surface area contributed by atoms with Crippen LogP contribution in [0.4, 0.5) is 0 Å². The highest BCUT2D eigenvalue weighted by atomic mass is 35.5. The van der Waals surface area contributed by atoms with E-state index in [9.17, 15) is 9.59 Å². The van der Waals surface area contributed by atoms with Gasteiger partial charge in [-0.3, -0.25) is 9.59 Å². The van der Waals surface area contributed by atoms with Crippen LogP contribution in [0.15, 0.2) is 18.3 Å². The van der Waals surface area contributed by atoms with Gasteiger partial charge in [0.1, 0.15) is 5.15 Å². The highest BCUT2D eigenvalue weighted by Crippen LogP contribution is 2.10. The third-order valence-electron chi connectivity index (χ3n) is 3.15. The van der Waals surface area contributed by atoms with Gasteiger partial charge in [-0.05, 0) is 25.0 Å². The zero-order valence-electron chi connectivity index (χ0n) is 10.8. The van der Waals surface area contributed by atoms with Crippen LogP contribution < -0.4 is 0 Å². The van der Waals surface area contributed by atoms with E-state index in [1.54, 1.807) is 24.1 Å². The number of carbonyl (C=O) groups is 2. The summed E-state index contributed by atoms with van der Waals surface area (Å²) in [6.07, 6.45) is 3.51. The van der Waals surface area contributed by atoms with Crippen LogP contribution in [0.3, 0.4) is 0 Å². The van der Waals surface area contributed by atoms with Gasteiger partial charge in [0, 0.05) is 26.3 Å². The van der Waals surface area contributed by atoms with Gasteiger partial charge < -0.3 is 9.80 Å². The van der Waals surface area contributed by atoms with Gasteiger partial charge >= 0.3 is 0 Å². The molecule has 1 fully saturated rings. The maximum absolute atomic E-state index is 12.1. The maximum atomic E-state index is 12.1. The van der Waals surface area contributed by atoms with E-state index in [-0.39, 0.29) is 18.4 Å². The third kappa shape index (κ3) is 3.44. The van der Waals surface area contributed by atoms with E-state index in [2.05, 4.69) is 4.98 Å². The summed E-state index contributed by atoms with van der Waals surface area (Å²) in [7, 11) is 1.62. The van der Waals surface area contributed by atoms with Crippen LogP contribution in [0.25, 0.3) is 0 Å². The van der Waals surface area contributed by atoms with Gasteiger partial charge in [0.25, 0.3) is 5.91 Å². The second kappa shape index (κ2) is 6.02. The molecule has 0 bridgehead atoms. The van der Waals surface area contributed by atoms with Crippen LogP contribution in [-0.2, 0) is 4.79 Å². The second-order valence-electron chi connectivity index (χ2n) is 4.62. The van der Waals surface area contributed by atoms with E-state index < -0.39 is 0 Å². The standard InChI is InChI=1S/C13H16ClN3O2/c1-16(9-12(18)17-6-2-3-7-17)13(19)10-4-5-11(14)15-8-10/h4-5,8H,2-3,6-7,9H2,1H3. The molecule has 0 aliphatic carbocycles. The summed E-state index contributed by atoms with van der Waals surface area (Å²) in [5, 5.41) is 0.340. The fourth-order valence-corrected chi connectivity index (χ4v) is 2.18. The first-order chi connectivity index (χ1) is 9.08. The van der Waals surface area contributed by atoms with Crippen LogP contribution in [-0.4, -0.2) is 53.3 Å². The zero-order chi connectivity index (χ0) is 13.8. The van der Waals surface area contributed by atoms with Crippen molar-refractivity contribution in [3.05, 3.63) is 29.0 Å². The smallest absolute Gasteiger partial charge is 0.255 e. The number of likely N-dealkylation sites (tertiary alicyclic amines) is 1. The highest BCUT2D eigenvalue weighted by Gasteiger charge is 2.21. The molecule has 2 amide bonds. The molecule has 1 aromatic rings. The molecule has 0 radical (unpaired) electrons. The predicted octanol–water partition coefficient (Wildman–Crippen LogP) is 1.43. The van der Waals surface area contributed by atoms with Crippen molar-refractivity contribution in [2.75, 3.05) is 26.7 Å². The minimum Gasteiger partial charge on any atom is -0.341 e. The maximum Gasteiger partial charge on any atom is 0.255 e. The molecule has 0 unspecified atom stereocenters. The number of halogens is 1. The first kappa shape index (κ1) is 13.8. The zero-order valence-corrected chi connectivity index (χ0v) is 11.6. The molecule has 5 nitrogen and oxygen atoms in total. The van der Waals surface area contributed by atoms with E-state index in [1.165, 1.54) is 11.1 Å².